The van der Waals surface area contributed by atoms with E-state index in [9.17, 15) is 4.79 Å². The van der Waals surface area contributed by atoms with Crippen molar-refractivity contribution in [1.82, 2.24) is 0 Å². The molecule has 2 aliphatic rings. The smallest absolute Gasteiger partial charge is 0.330 e. The highest BCUT2D eigenvalue weighted by atomic mass is 16.5. The van der Waals surface area contributed by atoms with Crippen LogP contribution in [0.5, 0.6) is 0 Å². The molecule has 2 rings (SSSR count). The SMILES string of the molecule is COC(=O)/C=C(C)/C=C/C=C(\C)C1=CC2=C(CCCC2(C)C)CC1. The molecule has 0 heterocycles. The number of hydrogen-bond donors (Lipinski definition) is 0. The highest BCUT2D eigenvalue weighted by Crippen LogP contribution is 2.46. The van der Waals surface area contributed by atoms with Gasteiger partial charge < -0.3 is 4.74 Å². The van der Waals surface area contributed by atoms with Crippen LogP contribution in [0.4, 0.5) is 0 Å². The molecule has 0 aliphatic heterocycles. The van der Waals surface area contributed by atoms with Gasteiger partial charge in [0.2, 0.25) is 0 Å². The van der Waals surface area contributed by atoms with E-state index in [0.29, 0.717) is 5.41 Å². The van der Waals surface area contributed by atoms with Crippen LogP contribution in [0.25, 0.3) is 0 Å². The van der Waals surface area contributed by atoms with Gasteiger partial charge in [0.05, 0.1) is 7.11 Å². The highest BCUT2D eigenvalue weighted by molar-refractivity contribution is 5.83. The lowest BCUT2D eigenvalue weighted by molar-refractivity contribution is -0.134. The zero-order valence-electron chi connectivity index (χ0n) is 15.7. The minimum absolute atomic E-state index is 0.313. The Morgan fingerprint density at radius 3 is 2.67 bits per heavy atom. The van der Waals surface area contributed by atoms with Gasteiger partial charge in [-0.15, -0.1) is 0 Å². The average Bonchev–Trinajstić information content (AvgIpc) is 2.54. The van der Waals surface area contributed by atoms with Gasteiger partial charge in [-0.05, 0) is 73.7 Å². The van der Waals surface area contributed by atoms with Gasteiger partial charge in [0, 0.05) is 6.08 Å². The second-order valence-electron chi connectivity index (χ2n) is 7.54. The predicted molar refractivity (Wildman–Crippen MR) is 101 cm³/mol. The summed E-state index contributed by atoms with van der Waals surface area (Å²) in [5.41, 5.74) is 7.22. The van der Waals surface area contributed by atoms with E-state index < -0.39 is 0 Å². The second kappa shape index (κ2) is 7.83. The number of esters is 1. The van der Waals surface area contributed by atoms with Gasteiger partial charge in [0.25, 0.3) is 0 Å². The number of methoxy groups -OCH3 is 1. The molecule has 0 saturated heterocycles. The Morgan fingerprint density at radius 1 is 1.21 bits per heavy atom. The van der Waals surface area contributed by atoms with Crippen molar-refractivity contribution >= 4 is 5.97 Å². The molecule has 0 aromatic rings. The van der Waals surface area contributed by atoms with Crippen molar-refractivity contribution in [2.24, 2.45) is 5.41 Å². The number of rotatable bonds is 4. The Balaban J connectivity index is 2.14. The molecule has 0 spiro atoms. The van der Waals surface area contributed by atoms with Crippen LogP contribution in [0.15, 0.2) is 58.2 Å². The summed E-state index contributed by atoms with van der Waals surface area (Å²) in [7, 11) is 1.39. The van der Waals surface area contributed by atoms with Crippen molar-refractivity contribution in [2.45, 2.75) is 59.8 Å². The van der Waals surface area contributed by atoms with E-state index in [-0.39, 0.29) is 5.97 Å². The molecular formula is C22H30O2. The van der Waals surface area contributed by atoms with Crippen molar-refractivity contribution in [2.75, 3.05) is 7.11 Å². The van der Waals surface area contributed by atoms with Gasteiger partial charge in [-0.1, -0.05) is 43.7 Å². The van der Waals surface area contributed by atoms with Gasteiger partial charge in [0.15, 0.2) is 0 Å². The largest absolute Gasteiger partial charge is 0.466 e. The number of carbonyl (C=O) groups excluding carboxylic acids is 1. The minimum atomic E-state index is -0.313. The van der Waals surface area contributed by atoms with Gasteiger partial charge in [-0.3, -0.25) is 0 Å². The van der Waals surface area contributed by atoms with Crippen LogP contribution >= 0.6 is 0 Å². The van der Waals surface area contributed by atoms with E-state index in [4.69, 9.17) is 0 Å². The molecule has 0 N–H and O–H groups in total. The Hall–Kier alpha value is -1.83. The molecule has 24 heavy (non-hydrogen) atoms. The van der Waals surface area contributed by atoms with Crippen LogP contribution in [-0.4, -0.2) is 13.1 Å². The first-order valence-corrected chi connectivity index (χ1v) is 8.88. The molecule has 0 unspecified atom stereocenters. The third-order valence-electron chi connectivity index (χ3n) is 5.16. The monoisotopic (exact) mass is 326 g/mol. The summed E-state index contributed by atoms with van der Waals surface area (Å²) in [6, 6.07) is 0. The van der Waals surface area contributed by atoms with Crippen molar-refractivity contribution in [3.8, 4) is 0 Å². The Kier molecular flexibility index (Phi) is 6.04. The van der Waals surface area contributed by atoms with Gasteiger partial charge in [-0.2, -0.15) is 0 Å². The molecule has 0 aromatic carbocycles. The predicted octanol–water partition coefficient (Wildman–Crippen LogP) is 5.84. The molecule has 0 amide bonds. The summed E-state index contributed by atoms with van der Waals surface area (Å²) in [4.78, 5) is 11.2. The number of allylic oxidation sites excluding steroid dienone is 9. The maximum Gasteiger partial charge on any atom is 0.330 e. The number of hydrogen-bond acceptors (Lipinski definition) is 2. The van der Waals surface area contributed by atoms with Crippen molar-refractivity contribution in [3.05, 3.63) is 58.2 Å². The summed E-state index contributed by atoms with van der Waals surface area (Å²) in [6.07, 6.45) is 16.3. The molecule has 0 aromatic heterocycles. The summed E-state index contributed by atoms with van der Waals surface area (Å²) in [5, 5.41) is 0. The maximum atomic E-state index is 11.2. The normalized spacial score (nSPS) is 21.6. The second-order valence-corrected chi connectivity index (χ2v) is 7.54. The molecular weight excluding hydrogens is 296 g/mol. The van der Waals surface area contributed by atoms with Gasteiger partial charge in [0.1, 0.15) is 0 Å². The summed E-state index contributed by atoms with van der Waals surface area (Å²) in [6.45, 7) is 8.83. The van der Waals surface area contributed by atoms with Crippen LogP contribution in [0, 0.1) is 5.41 Å². The van der Waals surface area contributed by atoms with Gasteiger partial charge >= 0.3 is 5.97 Å². The molecule has 0 saturated carbocycles. The lowest BCUT2D eigenvalue weighted by Gasteiger charge is -2.37. The zero-order chi connectivity index (χ0) is 17.7. The first-order chi connectivity index (χ1) is 11.3. The number of ether oxygens (including phenoxy) is 1. The van der Waals surface area contributed by atoms with Crippen molar-refractivity contribution < 1.29 is 9.53 Å². The fourth-order valence-corrected chi connectivity index (χ4v) is 3.64. The molecule has 2 heteroatoms. The van der Waals surface area contributed by atoms with Crippen LogP contribution in [0.1, 0.15) is 59.8 Å². The topological polar surface area (TPSA) is 26.3 Å². The Morgan fingerprint density at radius 2 is 1.96 bits per heavy atom. The summed E-state index contributed by atoms with van der Waals surface area (Å²) in [5.74, 6) is -0.313. The first kappa shape index (κ1) is 18.5. The van der Waals surface area contributed by atoms with E-state index in [1.54, 1.807) is 11.1 Å². The molecule has 0 radical (unpaired) electrons. The molecule has 0 fully saturated rings. The quantitative estimate of drug-likeness (QED) is 0.369. The van der Waals surface area contributed by atoms with Crippen molar-refractivity contribution in [3.63, 3.8) is 0 Å². The molecule has 130 valence electrons. The third-order valence-corrected chi connectivity index (χ3v) is 5.16. The molecule has 2 aliphatic carbocycles. The van der Waals surface area contributed by atoms with Crippen molar-refractivity contribution in [1.29, 1.82) is 0 Å². The van der Waals surface area contributed by atoms with Crippen LogP contribution in [-0.2, 0) is 9.53 Å². The molecule has 2 nitrogen and oxygen atoms in total. The highest BCUT2D eigenvalue weighted by Gasteiger charge is 2.30. The zero-order valence-corrected chi connectivity index (χ0v) is 15.7. The maximum absolute atomic E-state index is 11.2. The fraction of sp³-hybridized carbons (Fsp3) is 0.500. The van der Waals surface area contributed by atoms with Gasteiger partial charge in [-0.25, -0.2) is 4.79 Å². The fourth-order valence-electron chi connectivity index (χ4n) is 3.64. The molecule has 0 atom stereocenters. The third kappa shape index (κ3) is 4.59. The summed E-state index contributed by atoms with van der Waals surface area (Å²) >= 11 is 0. The van der Waals surface area contributed by atoms with E-state index >= 15 is 0 Å². The van der Waals surface area contributed by atoms with E-state index in [1.165, 1.54) is 50.0 Å². The standard InChI is InChI=1S/C22H30O2/c1-16(14-21(23)24-5)8-6-9-17(2)19-12-11-18-10-7-13-22(3,4)20(18)15-19/h6,8-9,14-15H,7,10-13H2,1-5H3/b8-6+,16-14+,17-9+. The molecule has 0 bridgehead atoms. The minimum Gasteiger partial charge on any atom is -0.466 e. The van der Waals surface area contributed by atoms with E-state index in [2.05, 4.69) is 37.7 Å². The van der Waals surface area contributed by atoms with Crippen LogP contribution in [0.2, 0.25) is 0 Å². The van der Waals surface area contributed by atoms with Crippen LogP contribution in [0.3, 0.4) is 0 Å². The van der Waals surface area contributed by atoms with E-state index in [0.717, 1.165) is 12.0 Å². The number of carbonyl (C=O) groups is 1. The lowest BCUT2D eigenvalue weighted by Crippen LogP contribution is -2.22. The Labute approximate surface area is 146 Å². The lowest BCUT2D eigenvalue weighted by atomic mass is 9.68. The van der Waals surface area contributed by atoms with E-state index in [1.807, 2.05) is 19.1 Å². The Bertz CT molecular complexity index is 651. The summed E-state index contributed by atoms with van der Waals surface area (Å²) < 4.78 is 4.63. The average molecular weight is 326 g/mol. The van der Waals surface area contributed by atoms with Crippen LogP contribution < -0.4 is 0 Å². The first-order valence-electron chi connectivity index (χ1n) is 8.88.